The van der Waals surface area contributed by atoms with Crippen LogP contribution in [-0.2, 0) is 0 Å². The molecule has 0 saturated carbocycles. The average molecular weight is 367 g/mol. The number of carbonyl (C=O) groups is 1. The zero-order chi connectivity index (χ0) is 19.2. The van der Waals surface area contributed by atoms with Crippen molar-refractivity contribution in [2.24, 2.45) is 5.92 Å². The van der Waals surface area contributed by atoms with Crippen molar-refractivity contribution in [1.82, 2.24) is 0 Å². The molecule has 3 N–H and O–H groups in total. The van der Waals surface area contributed by atoms with Gasteiger partial charge in [-0.1, -0.05) is 19.9 Å². The van der Waals surface area contributed by atoms with Gasteiger partial charge >= 0.3 is 0 Å². The zero-order valence-corrected chi connectivity index (χ0v) is 16.2. The molecule has 5 nitrogen and oxygen atoms in total. The monoisotopic (exact) mass is 367 g/mol. The van der Waals surface area contributed by atoms with Gasteiger partial charge in [0.15, 0.2) is 0 Å². The first kappa shape index (κ1) is 19.1. The molecule has 1 heterocycles. The number of ether oxygens (including phenoxy) is 1. The minimum atomic E-state index is -0.170. The van der Waals surface area contributed by atoms with Gasteiger partial charge < -0.3 is 20.7 Å². The summed E-state index contributed by atoms with van der Waals surface area (Å²) in [7, 11) is 0. The summed E-state index contributed by atoms with van der Waals surface area (Å²) >= 11 is 0. The third-order valence-corrected chi connectivity index (χ3v) is 4.98. The van der Waals surface area contributed by atoms with E-state index in [4.69, 9.17) is 10.5 Å². The Morgan fingerprint density at radius 2 is 2.00 bits per heavy atom. The second kappa shape index (κ2) is 8.80. The molecule has 0 unspecified atom stereocenters. The van der Waals surface area contributed by atoms with Crippen LogP contribution >= 0.6 is 0 Å². The molecule has 1 aliphatic rings. The fourth-order valence-electron chi connectivity index (χ4n) is 3.32. The predicted molar refractivity (Wildman–Crippen MR) is 112 cm³/mol. The van der Waals surface area contributed by atoms with Gasteiger partial charge in [0.2, 0.25) is 0 Å². The Kier molecular flexibility index (Phi) is 6.22. The van der Waals surface area contributed by atoms with Gasteiger partial charge in [-0.25, -0.2) is 0 Å². The van der Waals surface area contributed by atoms with Gasteiger partial charge in [-0.15, -0.1) is 0 Å². The van der Waals surface area contributed by atoms with Gasteiger partial charge in [-0.2, -0.15) is 0 Å². The number of rotatable bonds is 6. The topological polar surface area (TPSA) is 67.6 Å². The summed E-state index contributed by atoms with van der Waals surface area (Å²) in [6.07, 6.45) is 3.31. The molecule has 0 atom stereocenters. The number of anilines is 3. The maximum atomic E-state index is 12.6. The molecule has 3 rings (SSSR count). The number of nitrogens with two attached hydrogens (primary N) is 1. The minimum Gasteiger partial charge on any atom is -0.494 e. The Morgan fingerprint density at radius 1 is 1.22 bits per heavy atom. The van der Waals surface area contributed by atoms with Crippen LogP contribution in [0.5, 0.6) is 5.75 Å². The number of nitrogen functional groups attached to an aromatic ring is 1. The highest BCUT2D eigenvalue weighted by atomic mass is 16.5. The summed E-state index contributed by atoms with van der Waals surface area (Å²) < 4.78 is 5.60. The van der Waals surface area contributed by atoms with E-state index in [1.807, 2.05) is 30.3 Å². The number of nitrogens with zero attached hydrogens (tertiary/aromatic N) is 1. The molecule has 1 fully saturated rings. The lowest BCUT2D eigenvalue weighted by Crippen LogP contribution is -2.33. The molecule has 0 aromatic heterocycles. The average Bonchev–Trinajstić information content (AvgIpc) is 2.67. The van der Waals surface area contributed by atoms with Crippen LogP contribution in [0.25, 0.3) is 0 Å². The van der Waals surface area contributed by atoms with E-state index in [-0.39, 0.29) is 5.91 Å². The molecule has 1 saturated heterocycles. The highest BCUT2D eigenvalue weighted by Crippen LogP contribution is 2.30. The zero-order valence-electron chi connectivity index (χ0n) is 16.2. The van der Waals surface area contributed by atoms with Gasteiger partial charge in [-0.3, -0.25) is 4.79 Å². The van der Waals surface area contributed by atoms with Gasteiger partial charge in [-0.05, 0) is 61.6 Å². The quantitative estimate of drug-likeness (QED) is 0.735. The van der Waals surface area contributed by atoms with Crippen LogP contribution in [0.4, 0.5) is 17.1 Å². The lowest BCUT2D eigenvalue weighted by atomic mass is 9.98. The maximum absolute atomic E-state index is 12.6. The Hall–Kier alpha value is -2.69. The van der Waals surface area contributed by atoms with Crippen LogP contribution in [0.15, 0.2) is 42.5 Å². The number of piperidine rings is 1. The summed E-state index contributed by atoms with van der Waals surface area (Å²) in [4.78, 5) is 14.9. The second-order valence-corrected chi connectivity index (χ2v) is 7.27. The van der Waals surface area contributed by atoms with Crippen LogP contribution in [0.1, 0.15) is 43.5 Å². The van der Waals surface area contributed by atoms with Gasteiger partial charge in [0.05, 0.1) is 18.0 Å². The molecule has 144 valence electrons. The summed E-state index contributed by atoms with van der Waals surface area (Å²) in [5, 5.41) is 2.93. The summed E-state index contributed by atoms with van der Waals surface area (Å²) in [5.41, 5.74) is 9.28. The van der Waals surface area contributed by atoms with Crippen molar-refractivity contribution in [3.8, 4) is 5.75 Å². The second-order valence-electron chi connectivity index (χ2n) is 7.27. The van der Waals surface area contributed by atoms with Crippen molar-refractivity contribution in [1.29, 1.82) is 0 Å². The van der Waals surface area contributed by atoms with E-state index in [9.17, 15) is 4.79 Å². The van der Waals surface area contributed by atoms with Crippen LogP contribution < -0.4 is 20.7 Å². The minimum absolute atomic E-state index is 0.170. The highest BCUT2D eigenvalue weighted by molar-refractivity contribution is 6.04. The van der Waals surface area contributed by atoms with E-state index in [1.54, 1.807) is 12.1 Å². The number of nitrogens with one attached hydrogen (secondary N) is 1. The van der Waals surface area contributed by atoms with E-state index < -0.39 is 0 Å². The largest absolute Gasteiger partial charge is 0.494 e. The fraction of sp³-hybridized carbons (Fsp3) is 0.409. The van der Waals surface area contributed by atoms with E-state index >= 15 is 0 Å². The van der Waals surface area contributed by atoms with Gasteiger partial charge in [0.25, 0.3) is 5.91 Å². The first-order chi connectivity index (χ1) is 13.1. The van der Waals surface area contributed by atoms with Gasteiger partial charge in [0, 0.05) is 24.3 Å². The molecular formula is C22H29N3O2. The fourth-order valence-corrected chi connectivity index (χ4v) is 3.32. The van der Waals surface area contributed by atoms with E-state index in [0.29, 0.717) is 29.3 Å². The third kappa shape index (κ3) is 4.94. The summed E-state index contributed by atoms with van der Waals surface area (Å²) in [6, 6.07) is 13.0. The highest BCUT2D eigenvalue weighted by Gasteiger charge is 2.18. The van der Waals surface area contributed by atoms with Crippen molar-refractivity contribution >= 4 is 23.0 Å². The molecule has 0 bridgehead atoms. The predicted octanol–water partition coefficient (Wildman–Crippen LogP) is 4.55. The van der Waals surface area contributed by atoms with Crippen molar-refractivity contribution < 1.29 is 9.53 Å². The number of benzene rings is 2. The van der Waals surface area contributed by atoms with Crippen LogP contribution in [0.3, 0.4) is 0 Å². The molecule has 5 heteroatoms. The molecule has 27 heavy (non-hydrogen) atoms. The first-order valence-electron chi connectivity index (χ1n) is 9.75. The van der Waals surface area contributed by atoms with Crippen LogP contribution in [0, 0.1) is 5.92 Å². The number of hydrogen-bond acceptors (Lipinski definition) is 4. The van der Waals surface area contributed by atoms with Crippen molar-refractivity contribution in [3.63, 3.8) is 0 Å². The molecule has 2 aromatic carbocycles. The normalized spacial score (nSPS) is 14.8. The van der Waals surface area contributed by atoms with Crippen LogP contribution in [-0.4, -0.2) is 25.6 Å². The standard InChI is InChI=1S/C22H29N3O2/c1-3-13-27-19-6-4-5-17(14-19)22(26)24-18-7-8-21(20(23)15-18)25-11-9-16(2)10-12-25/h4-8,14-16H,3,9-13,23H2,1-2H3,(H,24,26). The molecule has 1 amide bonds. The van der Waals surface area contributed by atoms with Crippen LogP contribution in [0.2, 0.25) is 0 Å². The number of carbonyl (C=O) groups excluding carboxylic acids is 1. The van der Waals surface area contributed by atoms with E-state index in [0.717, 1.165) is 31.1 Å². The van der Waals surface area contributed by atoms with Crippen molar-refractivity contribution in [2.45, 2.75) is 33.1 Å². The summed E-state index contributed by atoms with van der Waals surface area (Å²) in [6.45, 7) is 7.04. The molecule has 0 aliphatic carbocycles. The molecule has 0 radical (unpaired) electrons. The summed E-state index contributed by atoms with van der Waals surface area (Å²) in [5.74, 6) is 1.31. The molecular weight excluding hydrogens is 338 g/mol. The lowest BCUT2D eigenvalue weighted by molar-refractivity contribution is 0.102. The first-order valence-corrected chi connectivity index (χ1v) is 9.75. The SMILES string of the molecule is CCCOc1cccc(C(=O)Nc2ccc(N3CCC(C)CC3)c(N)c2)c1. The third-order valence-electron chi connectivity index (χ3n) is 4.98. The Morgan fingerprint density at radius 3 is 2.70 bits per heavy atom. The number of amides is 1. The number of hydrogen-bond donors (Lipinski definition) is 2. The molecule has 1 aliphatic heterocycles. The van der Waals surface area contributed by atoms with Gasteiger partial charge in [0.1, 0.15) is 5.75 Å². The Bertz CT molecular complexity index is 783. The van der Waals surface area contributed by atoms with Crippen molar-refractivity contribution in [2.75, 3.05) is 35.6 Å². The van der Waals surface area contributed by atoms with E-state index in [2.05, 4.69) is 24.1 Å². The molecule has 2 aromatic rings. The Balaban J connectivity index is 1.67. The maximum Gasteiger partial charge on any atom is 0.255 e. The smallest absolute Gasteiger partial charge is 0.255 e. The van der Waals surface area contributed by atoms with Crippen molar-refractivity contribution in [3.05, 3.63) is 48.0 Å². The molecule has 0 spiro atoms. The lowest BCUT2D eigenvalue weighted by Gasteiger charge is -2.33. The van der Waals surface area contributed by atoms with E-state index in [1.165, 1.54) is 12.8 Å². The Labute approximate surface area is 161 Å².